The number of fused-ring (bicyclic) bond motifs is 4. The van der Waals surface area contributed by atoms with Crippen LogP contribution >= 0.6 is 11.6 Å². The third kappa shape index (κ3) is 4.24. The van der Waals surface area contributed by atoms with Crippen molar-refractivity contribution in [2.24, 2.45) is 0 Å². The maximum absolute atomic E-state index is 13.9. The van der Waals surface area contributed by atoms with Crippen molar-refractivity contribution < 1.29 is 4.79 Å². The number of likely N-dealkylation sites (tertiary alicyclic amines) is 1. The number of ketones is 1. The predicted octanol–water partition coefficient (Wildman–Crippen LogP) is 6.60. The van der Waals surface area contributed by atoms with Crippen molar-refractivity contribution in [2.45, 2.75) is 64.2 Å². The summed E-state index contributed by atoms with van der Waals surface area (Å²) in [4.78, 5) is 22.6. The second-order valence-corrected chi connectivity index (χ2v) is 17.7. The van der Waals surface area contributed by atoms with E-state index in [1.165, 1.54) is 32.4 Å². The van der Waals surface area contributed by atoms with Crippen molar-refractivity contribution in [2.75, 3.05) is 31.1 Å². The Morgan fingerprint density at radius 3 is 2.43 bits per heavy atom. The van der Waals surface area contributed by atoms with E-state index >= 15 is 0 Å². The summed E-state index contributed by atoms with van der Waals surface area (Å²) in [5, 5.41) is 1.64. The van der Waals surface area contributed by atoms with E-state index in [2.05, 4.69) is 77.9 Å². The van der Waals surface area contributed by atoms with Crippen LogP contribution < -0.4 is 4.90 Å². The number of hydrogen-bond acceptors (Lipinski definition) is 3. The molecule has 2 fully saturated rings. The van der Waals surface area contributed by atoms with Crippen LogP contribution in [0.25, 0.3) is 10.9 Å². The number of nitrogens with one attached hydrogen (secondary N) is 1. The average molecular weight is 530 g/mol. The molecule has 3 heterocycles. The van der Waals surface area contributed by atoms with Crippen LogP contribution in [0, 0.1) is 11.5 Å². The summed E-state index contributed by atoms with van der Waals surface area (Å²) < 4.78 is 0. The highest BCUT2D eigenvalue weighted by atomic mass is 35.5. The molecule has 2 aromatic carbocycles. The van der Waals surface area contributed by atoms with Gasteiger partial charge in [0.1, 0.15) is 8.07 Å². The summed E-state index contributed by atoms with van der Waals surface area (Å²) in [6, 6.07) is 11.0. The number of anilines is 1. The van der Waals surface area contributed by atoms with Gasteiger partial charge in [0, 0.05) is 52.3 Å². The number of carbonyl (C=O) groups excluding carboxylic acids is 1. The topological polar surface area (TPSA) is 39.3 Å². The molecule has 0 atom stereocenters. The monoisotopic (exact) mass is 529 g/mol. The van der Waals surface area contributed by atoms with Gasteiger partial charge < -0.3 is 14.8 Å². The maximum atomic E-state index is 13.9. The molecule has 0 bridgehead atoms. The van der Waals surface area contributed by atoms with Gasteiger partial charge in [-0.2, -0.15) is 0 Å². The Bertz CT molecular complexity index is 1470. The number of aromatic amines is 1. The first-order valence-corrected chi connectivity index (χ1v) is 17.5. The first-order valence-electron chi connectivity index (χ1n) is 13.6. The number of carbonyl (C=O) groups is 1. The van der Waals surface area contributed by atoms with Crippen LogP contribution in [0.4, 0.5) is 5.69 Å². The zero-order valence-electron chi connectivity index (χ0n) is 22.6. The lowest BCUT2D eigenvalue weighted by Crippen LogP contribution is -2.50. The molecule has 6 heteroatoms. The minimum absolute atomic E-state index is 0.0569. The fraction of sp³-hybridized carbons (Fsp3) is 0.452. The first-order chi connectivity index (χ1) is 17.5. The summed E-state index contributed by atoms with van der Waals surface area (Å²) in [6.07, 6.45) is 3.68. The van der Waals surface area contributed by atoms with Crippen molar-refractivity contribution in [3.8, 4) is 11.5 Å². The van der Waals surface area contributed by atoms with E-state index in [4.69, 9.17) is 11.6 Å². The standard InChI is InChI=1S/C31H36ClN3OSi/c1-31(2)24-19-27(35-14-9-21(10-15-35)34-12-6-13-34)25(32)18-23(24)29(36)28-22-8-7-20(11-16-37(3,4)5)17-26(22)33-30(28)31/h7-8,17-19,21,33H,6,9-10,12-15H2,1-5H3. The van der Waals surface area contributed by atoms with Gasteiger partial charge in [-0.15, -0.1) is 5.54 Å². The van der Waals surface area contributed by atoms with Crippen molar-refractivity contribution in [1.82, 2.24) is 9.88 Å². The van der Waals surface area contributed by atoms with E-state index in [1.807, 2.05) is 12.1 Å². The highest BCUT2D eigenvalue weighted by molar-refractivity contribution is 6.83. The molecule has 6 rings (SSSR count). The van der Waals surface area contributed by atoms with Crippen LogP contribution in [0.15, 0.2) is 30.3 Å². The number of rotatable bonds is 2. The van der Waals surface area contributed by atoms with E-state index in [-0.39, 0.29) is 11.2 Å². The molecule has 1 aliphatic carbocycles. The molecular weight excluding hydrogens is 494 g/mol. The second kappa shape index (κ2) is 8.76. The summed E-state index contributed by atoms with van der Waals surface area (Å²) in [5.74, 6) is 3.41. The number of nitrogens with zero attached hydrogens (tertiary/aromatic N) is 2. The number of benzene rings is 2. The van der Waals surface area contributed by atoms with Gasteiger partial charge in [-0.1, -0.05) is 57.1 Å². The maximum Gasteiger partial charge on any atom is 0.195 e. The number of halogens is 1. The summed E-state index contributed by atoms with van der Waals surface area (Å²) in [6.45, 7) is 15.7. The number of H-pyrrole nitrogens is 1. The van der Waals surface area contributed by atoms with E-state index < -0.39 is 8.07 Å². The van der Waals surface area contributed by atoms with Crippen LogP contribution in [0.1, 0.15) is 65.9 Å². The molecule has 2 saturated heterocycles. The van der Waals surface area contributed by atoms with Crippen molar-refractivity contribution >= 4 is 42.0 Å². The van der Waals surface area contributed by atoms with E-state index in [0.717, 1.165) is 57.6 Å². The van der Waals surface area contributed by atoms with Crippen LogP contribution in [0.3, 0.4) is 0 Å². The largest absolute Gasteiger partial charge is 0.370 e. The fourth-order valence-corrected chi connectivity index (χ4v) is 7.00. The minimum atomic E-state index is -1.47. The Hall–Kier alpha value is -2.52. The van der Waals surface area contributed by atoms with Gasteiger partial charge in [0.2, 0.25) is 0 Å². The number of hydrogen-bond donors (Lipinski definition) is 1. The molecule has 2 aliphatic heterocycles. The summed E-state index contributed by atoms with van der Waals surface area (Å²) >= 11 is 6.88. The number of aromatic nitrogens is 1. The molecule has 0 radical (unpaired) electrons. The van der Waals surface area contributed by atoms with Gasteiger partial charge in [0.05, 0.1) is 16.3 Å². The molecule has 37 heavy (non-hydrogen) atoms. The minimum Gasteiger partial charge on any atom is -0.370 e. The third-order valence-electron chi connectivity index (χ3n) is 8.45. The molecule has 0 spiro atoms. The Labute approximate surface area is 226 Å². The Kier molecular flexibility index (Phi) is 5.87. The van der Waals surface area contributed by atoms with E-state index in [9.17, 15) is 4.79 Å². The Morgan fingerprint density at radius 2 is 1.78 bits per heavy atom. The zero-order valence-corrected chi connectivity index (χ0v) is 24.4. The number of piperidine rings is 1. The zero-order chi connectivity index (χ0) is 26.1. The third-order valence-corrected chi connectivity index (χ3v) is 9.63. The van der Waals surface area contributed by atoms with Crippen molar-refractivity contribution in [3.63, 3.8) is 0 Å². The lowest BCUT2D eigenvalue weighted by Gasteiger charge is -2.44. The smallest absolute Gasteiger partial charge is 0.195 e. The van der Waals surface area contributed by atoms with E-state index in [1.54, 1.807) is 0 Å². The van der Waals surface area contributed by atoms with Gasteiger partial charge in [0.15, 0.2) is 5.78 Å². The average Bonchev–Trinajstić information content (AvgIpc) is 3.20. The predicted molar refractivity (Wildman–Crippen MR) is 157 cm³/mol. The van der Waals surface area contributed by atoms with Gasteiger partial charge in [-0.3, -0.25) is 4.79 Å². The molecule has 0 unspecified atom stereocenters. The molecule has 3 aliphatic rings. The van der Waals surface area contributed by atoms with Crippen LogP contribution in [-0.4, -0.2) is 56.0 Å². The SMILES string of the molecule is CC1(C)c2cc(N3CCC(N4CCC4)CC3)c(Cl)cc2C(=O)c2c1[nH]c1cc(C#C[Si](C)(C)C)ccc21. The van der Waals surface area contributed by atoms with Crippen LogP contribution in [-0.2, 0) is 5.41 Å². The van der Waals surface area contributed by atoms with Gasteiger partial charge >= 0.3 is 0 Å². The van der Waals surface area contributed by atoms with Crippen LogP contribution in [0.2, 0.25) is 24.7 Å². The highest BCUT2D eigenvalue weighted by Gasteiger charge is 2.41. The molecule has 1 N–H and O–H groups in total. The first kappa shape index (κ1) is 24.8. The van der Waals surface area contributed by atoms with Crippen LogP contribution in [0.5, 0.6) is 0 Å². The van der Waals surface area contributed by atoms with Gasteiger partial charge in [-0.05, 0) is 62.2 Å². The van der Waals surface area contributed by atoms with E-state index in [0.29, 0.717) is 11.1 Å². The molecule has 4 nitrogen and oxygen atoms in total. The van der Waals surface area contributed by atoms with Gasteiger partial charge in [0.25, 0.3) is 0 Å². The normalized spacial score (nSPS) is 19.7. The lowest BCUT2D eigenvalue weighted by molar-refractivity contribution is 0.100. The molecule has 3 aromatic rings. The Morgan fingerprint density at radius 1 is 1.05 bits per heavy atom. The fourth-order valence-electron chi connectivity index (χ4n) is 6.20. The quantitative estimate of drug-likeness (QED) is 0.300. The second-order valence-electron chi connectivity index (χ2n) is 12.5. The Balaban J connectivity index is 1.37. The molecule has 1 aromatic heterocycles. The lowest BCUT2D eigenvalue weighted by atomic mass is 9.71. The molecule has 192 valence electrons. The summed E-state index contributed by atoms with van der Waals surface area (Å²) in [5.41, 5.74) is 9.67. The van der Waals surface area contributed by atoms with Crippen molar-refractivity contribution in [3.05, 3.63) is 63.3 Å². The van der Waals surface area contributed by atoms with Crippen molar-refractivity contribution in [1.29, 1.82) is 0 Å². The summed E-state index contributed by atoms with van der Waals surface area (Å²) in [7, 11) is -1.47. The molecular formula is C31H36ClN3OSi. The molecule has 0 saturated carbocycles. The molecule has 0 amide bonds. The highest BCUT2D eigenvalue weighted by Crippen LogP contribution is 2.46. The van der Waals surface area contributed by atoms with Gasteiger partial charge in [-0.25, -0.2) is 0 Å².